The van der Waals surface area contributed by atoms with Gasteiger partial charge in [0.2, 0.25) is 0 Å². The largest absolute Gasteiger partial charge is 0.478 e. The first-order valence-corrected chi connectivity index (χ1v) is 18.5. The van der Waals surface area contributed by atoms with Crippen LogP contribution < -0.4 is 4.90 Å². The van der Waals surface area contributed by atoms with Crippen LogP contribution in [0.4, 0.5) is 11.4 Å². The number of benzene rings is 5. The smallest absolute Gasteiger partial charge is 0.335 e. The summed E-state index contributed by atoms with van der Waals surface area (Å²) in [7, 11) is 0. The monoisotopic (exact) mass is 667 g/mol. The van der Waals surface area contributed by atoms with Gasteiger partial charge in [0.25, 0.3) is 0 Å². The molecule has 5 aromatic rings. The first-order valence-electron chi connectivity index (χ1n) is 18.5. The summed E-state index contributed by atoms with van der Waals surface area (Å²) in [5.74, 6) is -0.545. The van der Waals surface area contributed by atoms with Crippen LogP contribution in [-0.2, 0) is 5.41 Å². The highest BCUT2D eigenvalue weighted by atomic mass is 16.4. The van der Waals surface area contributed by atoms with Crippen LogP contribution in [0.2, 0.25) is 0 Å². The predicted octanol–water partition coefficient (Wildman–Crippen LogP) is 11.2. The summed E-state index contributed by atoms with van der Waals surface area (Å²) in [5, 5.41) is 9.68. The van der Waals surface area contributed by atoms with Gasteiger partial charge in [0.15, 0.2) is 5.78 Å². The van der Waals surface area contributed by atoms with E-state index in [2.05, 4.69) is 120 Å². The lowest BCUT2D eigenvalue weighted by Gasteiger charge is -2.35. The minimum Gasteiger partial charge on any atom is -0.478 e. The average molecular weight is 668 g/mol. The molecule has 1 spiro atoms. The van der Waals surface area contributed by atoms with E-state index in [0.717, 1.165) is 48.8 Å². The van der Waals surface area contributed by atoms with Crippen molar-refractivity contribution in [1.82, 2.24) is 0 Å². The molecule has 0 saturated heterocycles. The summed E-state index contributed by atoms with van der Waals surface area (Å²) in [4.78, 5) is 28.4. The van der Waals surface area contributed by atoms with Gasteiger partial charge in [-0.05, 0) is 113 Å². The molecule has 9 rings (SSSR count). The van der Waals surface area contributed by atoms with Gasteiger partial charge in [0, 0.05) is 39.9 Å². The highest BCUT2D eigenvalue weighted by molar-refractivity contribution is 6.18. The van der Waals surface area contributed by atoms with Crippen molar-refractivity contribution in [3.63, 3.8) is 0 Å². The number of carbonyl (C=O) groups excluding carboxylic acids is 1. The Balaban J connectivity index is 1.06. The normalized spacial score (nSPS) is 20.7. The molecule has 0 radical (unpaired) electrons. The van der Waals surface area contributed by atoms with Crippen molar-refractivity contribution < 1.29 is 14.7 Å². The maximum absolute atomic E-state index is 14.1. The van der Waals surface area contributed by atoms with Crippen molar-refractivity contribution in [2.45, 2.75) is 68.7 Å². The third-order valence-corrected chi connectivity index (χ3v) is 12.0. The molecule has 4 heteroatoms. The highest BCUT2D eigenvalue weighted by Gasteiger charge is 2.48. The van der Waals surface area contributed by atoms with Gasteiger partial charge in [-0.15, -0.1) is 0 Å². The van der Waals surface area contributed by atoms with Gasteiger partial charge in [-0.2, -0.15) is 0 Å². The molecule has 0 aromatic heterocycles. The second kappa shape index (κ2) is 12.7. The van der Waals surface area contributed by atoms with Crippen molar-refractivity contribution in [3.8, 4) is 0 Å². The van der Waals surface area contributed by atoms with E-state index in [1.54, 1.807) is 12.1 Å². The number of carboxylic acids is 1. The number of Topliss-reactive ketones (excluding diaryl/α,β-unsaturated/α-hetero) is 1. The van der Waals surface area contributed by atoms with Crippen LogP contribution in [0.1, 0.15) is 111 Å². The van der Waals surface area contributed by atoms with Crippen LogP contribution in [0.3, 0.4) is 0 Å². The first kappa shape index (κ1) is 31.5. The Hall–Kier alpha value is -5.48. The number of hydrogen-bond donors (Lipinski definition) is 1. The zero-order chi connectivity index (χ0) is 34.5. The number of rotatable bonds is 6. The Labute approximate surface area is 299 Å². The fraction of sp³-hybridized carbons (Fsp3) is 0.234. The number of nitrogens with zero attached hydrogens (tertiary/aromatic N) is 1. The lowest BCUT2D eigenvalue weighted by molar-refractivity contribution is 0.0696. The van der Waals surface area contributed by atoms with Gasteiger partial charge >= 0.3 is 5.97 Å². The fourth-order valence-electron chi connectivity index (χ4n) is 9.62. The molecule has 3 aliphatic carbocycles. The first-order chi connectivity index (χ1) is 25.0. The molecule has 1 aliphatic heterocycles. The van der Waals surface area contributed by atoms with Crippen LogP contribution in [0, 0.1) is 0 Å². The van der Waals surface area contributed by atoms with Crippen molar-refractivity contribution in [2.24, 2.45) is 0 Å². The topological polar surface area (TPSA) is 57.6 Å². The SMILES string of the molecule is O=C(O)c1ccc2c(c1)C(=O)/C(=C\c1ccc3c(c1)C1CCCC1N3c1ccc(C=C(c3ccccc3)c3ccccc3)cc1)C21CCCCC1. The third-order valence-electron chi connectivity index (χ3n) is 12.0. The molecule has 1 heterocycles. The van der Waals surface area contributed by atoms with E-state index in [0.29, 0.717) is 17.5 Å². The number of carbonyl (C=O) groups is 2. The Morgan fingerprint density at radius 2 is 1.39 bits per heavy atom. The number of hydrogen-bond acceptors (Lipinski definition) is 3. The molecule has 4 nitrogen and oxygen atoms in total. The summed E-state index contributed by atoms with van der Waals surface area (Å²) >= 11 is 0. The molecule has 51 heavy (non-hydrogen) atoms. The quantitative estimate of drug-likeness (QED) is 0.145. The Morgan fingerprint density at radius 1 is 0.706 bits per heavy atom. The maximum atomic E-state index is 14.1. The Kier molecular flexibility index (Phi) is 7.84. The second-order valence-corrected chi connectivity index (χ2v) is 14.8. The van der Waals surface area contributed by atoms with E-state index in [9.17, 15) is 14.7 Å². The van der Waals surface area contributed by atoms with E-state index < -0.39 is 5.97 Å². The van der Waals surface area contributed by atoms with E-state index in [4.69, 9.17) is 0 Å². The number of fused-ring (bicyclic) bond motifs is 5. The standard InChI is InChI=1S/C47H41NO3/c49-45-40-30-35(46(50)51)20-23-41(40)47(25-8-3-9-26-47)42(45)29-32-19-24-44-39(28-32)37-15-10-16-43(37)48(44)36-21-17-31(18-22-36)27-38(33-11-4-1-5-12-33)34-13-6-2-7-14-34/h1-2,4-7,11-14,17-24,27-30,37,43H,3,8-10,15-16,25-26H2,(H,50,51)/b42-29+. The summed E-state index contributed by atoms with van der Waals surface area (Å²) in [6, 6.07) is 42.6. The lowest BCUT2D eigenvalue weighted by atomic mass is 9.67. The van der Waals surface area contributed by atoms with E-state index in [1.807, 2.05) is 6.07 Å². The predicted molar refractivity (Wildman–Crippen MR) is 206 cm³/mol. The molecular formula is C47H41NO3. The van der Waals surface area contributed by atoms with Gasteiger partial charge in [-0.1, -0.05) is 111 Å². The fourth-order valence-corrected chi connectivity index (χ4v) is 9.62. The Morgan fingerprint density at radius 3 is 2.08 bits per heavy atom. The molecule has 2 atom stereocenters. The molecule has 0 bridgehead atoms. The highest BCUT2D eigenvalue weighted by Crippen LogP contribution is 2.55. The van der Waals surface area contributed by atoms with Gasteiger partial charge in [-0.25, -0.2) is 4.79 Å². The van der Waals surface area contributed by atoms with Crippen molar-refractivity contribution in [1.29, 1.82) is 0 Å². The van der Waals surface area contributed by atoms with E-state index in [1.165, 1.54) is 58.5 Å². The molecule has 4 aliphatic rings. The zero-order valence-corrected chi connectivity index (χ0v) is 28.7. The van der Waals surface area contributed by atoms with Crippen molar-refractivity contribution in [2.75, 3.05) is 4.90 Å². The molecule has 2 fully saturated rings. The third kappa shape index (κ3) is 5.36. The average Bonchev–Trinajstić information content (AvgIpc) is 3.83. The molecule has 5 aromatic carbocycles. The number of aromatic carboxylic acids is 1. The van der Waals surface area contributed by atoms with E-state index >= 15 is 0 Å². The maximum Gasteiger partial charge on any atom is 0.335 e. The van der Waals surface area contributed by atoms with Crippen LogP contribution in [0.15, 0.2) is 127 Å². The van der Waals surface area contributed by atoms with E-state index in [-0.39, 0.29) is 16.8 Å². The van der Waals surface area contributed by atoms with Crippen LogP contribution in [0.5, 0.6) is 0 Å². The van der Waals surface area contributed by atoms with Gasteiger partial charge < -0.3 is 10.0 Å². The molecule has 0 amide bonds. The number of carboxylic acid groups (broad SMARTS) is 1. The molecule has 1 N–H and O–H groups in total. The summed E-state index contributed by atoms with van der Waals surface area (Å²) in [5.41, 5.74) is 12.0. The van der Waals surface area contributed by atoms with Crippen molar-refractivity contribution in [3.05, 3.63) is 171 Å². The Bertz CT molecular complexity index is 2170. The molecule has 2 unspecified atom stereocenters. The molecule has 252 valence electrons. The second-order valence-electron chi connectivity index (χ2n) is 14.8. The summed E-state index contributed by atoms with van der Waals surface area (Å²) in [6.07, 6.45) is 13.1. The number of allylic oxidation sites excluding steroid dienone is 1. The lowest BCUT2D eigenvalue weighted by Crippen LogP contribution is -2.29. The number of ketones is 1. The summed E-state index contributed by atoms with van der Waals surface area (Å²) < 4.78 is 0. The van der Waals surface area contributed by atoms with Crippen LogP contribution >= 0.6 is 0 Å². The van der Waals surface area contributed by atoms with Gasteiger partial charge in [-0.3, -0.25) is 4.79 Å². The van der Waals surface area contributed by atoms with Gasteiger partial charge in [0.05, 0.1) is 5.56 Å². The van der Waals surface area contributed by atoms with Crippen molar-refractivity contribution >= 4 is 40.9 Å². The van der Waals surface area contributed by atoms with Gasteiger partial charge in [0.1, 0.15) is 0 Å². The summed E-state index contributed by atoms with van der Waals surface area (Å²) in [6.45, 7) is 0. The molecule has 2 saturated carbocycles. The molecular weight excluding hydrogens is 627 g/mol. The van der Waals surface area contributed by atoms with Crippen LogP contribution in [-0.4, -0.2) is 22.9 Å². The number of anilines is 2. The zero-order valence-electron chi connectivity index (χ0n) is 28.7. The van der Waals surface area contributed by atoms with Crippen LogP contribution in [0.25, 0.3) is 17.7 Å². The minimum absolute atomic E-state index is 0.00677. The minimum atomic E-state index is -0.995.